The van der Waals surface area contributed by atoms with E-state index < -0.39 is 0 Å². The molecule has 0 aliphatic rings. The zero-order valence-electron chi connectivity index (χ0n) is 11.0. The van der Waals surface area contributed by atoms with Crippen LogP contribution in [0, 0.1) is 6.92 Å². The second-order valence-electron chi connectivity index (χ2n) is 4.44. The van der Waals surface area contributed by atoms with Crippen LogP contribution in [0.4, 0.5) is 0 Å². The van der Waals surface area contributed by atoms with E-state index in [0.29, 0.717) is 0 Å². The molecule has 96 valence electrons. The Hall–Kier alpha value is -1.06. The van der Waals surface area contributed by atoms with Crippen molar-refractivity contribution in [2.45, 2.75) is 26.8 Å². The van der Waals surface area contributed by atoms with E-state index in [1.54, 1.807) is 0 Å². The SMILES string of the molecule is CCNC(C)c1ccc(-c2cc(Br)ccc2C)o1. The van der Waals surface area contributed by atoms with E-state index in [0.717, 1.165) is 28.1 Å². The van der Waals surface area contributed by atoms with Crippen molar-refractivity contribution in [3.63, 3.8) is 0 Å². The maximum absolute atomic E-state index is 5.94. The first kappa shape index (κ1) is 13.4. The van der Waals surface area contributed by atoms with Crippen LogP contribution in [0.3, 0.4) is 0 Å². The normalized spacial score (nSPS) is 12.7. The first-order chi connectivity index (χ1) is 8.61. The van der Waals surface area contributed by atoms with Crippen molar-refractivity contribution >= 4 is 15.9 Å². The van der Waals surface area contributed by atoms with Gasteiger partial charge in [-0.15, -0.1) is 0 Å². The Morgan fingerprint density at radius 2 is 2.06 bits per heavy atom. The van der Waals surface area contributed by atoms with Crippen molar-refractivity contribution < 1.29 is 4.42 Å². The van der Waals surface area contributed by atoms with Gasteiger partial charge < -0.3 is 9.73 Å². The standard InChI is InChI=1S/C15H18BrNO/c1-4-17-11(3)14-7-8-15(18-14)13-9-12(16)6-5-10(13)2/h5-9,11,17H,4H2,1-3H3. The molecule has 0 aliphatic heterocycles. The average molecular weight is 308 g/mol. The maximum Gasteiger partial charge on any atom is 0.134 e. The third-order valence-corrected chi connectivity index (χ3v) is 3.52. The maximum atomic E-state index is 5.94. The lowest BCUT2D eigenvalue weighted by Gasteiger charge is -2.09. The molecule has 3 heteroatoms. The summed E-state index contributed by atoms with van der Waals surface area (Å²) in [7, 11) is 0. The number of halogens is 1. The highest BCUT2D eigenvalue weighted by Gasteiger charge is 2.12. The molecule has 0 aliphatic carbocycles. The molecule has 0 spiro atoms. The van der Waals surface area contributed by atoms with Crippen LogP contribution in [0.5, 0.6) is 0 Å². The highest BCUT2D eigenvalue weighted by atomic mass is 79.9. The lowest BCUT2D eigenvalue weighted by atomic mass is 10.1. The van der Waals surface area contributed by atoms with Crippen LogP contribution in [-0.4, -0.2) is 6.54 Å². The van der Waals surface area contributed by atoms with Crippen molar-refractivity contribution in [3.8, 4) is 11.3 Å². The summed E-state index contributed by atoms with van der Waals surface area (Å²) in [6.07, 6.45) is 0. The lowest BCUT2D eigenvalue weighted by Crippen LogP contribution is -2.16. The Bertz CT molecular complexity index is 533. The molecule has 0 saturated carbocycles. The molecule has 1 unspecified atom stereocenters. The number of hydrogen-bond donors (Lipinski definition) is 1. The summed E-state index contributed by atoms with van der Waals surface area (Å²) < 4.78 is 7.01. The van der Waals surface area contributed by atoms with Gasteiger partial charge in [0, 0.05) is 10.0 Å². The van der Waals surface area contributed by atoms with Crippen LogP contribution in [0.1, 0.15) is 31.2 Å². The zero-order valence-corrected chi connectivity index (χ0v) is 12.5. The first-order valence-electron chi connectivity index (χ1n) is 6.21. The molecule has 2 nitrogen and oxygen atoms in total. The van der Waals surface area contributed by atoms with Crippen molar-refractivity contribution in [1.29, 1.82) is 0 Å². The number of furan rings is 1. The van der Waals surface area contributed by atoms with E-state index in [4.69, 9.17) is 4.42 Å². The van der Waals surface area contributed by atoms with Gasteiger partial charge in [-0.2, -0.15) is 0 Å². The third-order valence-electron chi connectivity index (χ3n) is 3.03. The molecule has 0 radical (unpaired) electrons. The van der Waals surface area contributed by atoms with Gasteiger partial charge in [0.2, 0.25) is 0 Å². The number of hydrogen-bond acceptors (Lipinski definition) is 2. The minimum Gasteiger partial charge on any atom is -0.459 e. The zero-order chi connectivity index (χ0) is 13.1. The Morgan fingerprint density at radius 3 is 2.78 bits per heavy atom. The highest BCUT2D eigenvalue weighted by molar-refractivity contribution is 9.10. The minimum atomic E-state index is 0.246. The van der Waals surface area contributed by atoms with Crippen LogP contribution in [0.25, 0.3) is 11.3 Å². The van der Waals surface area contributed by atoms with Gasteiger partial charge in [0.1, 0.15) is 11.5 Å². The van der Waals surface area contributed by atoms with Crippen LogP contribution in [0.15, 0.2) is 39.2 Å². The Labute approximate surface area is 117 Å². The fourth-order valence-electron chi connectivity index (χ4n) is 2.00. The number of rotatable bonds is 4. The predicted octanol–water partition coefficient (Wildman–Crippen LogP) is 4.69. The molecule has 2 aromatic rings. The van der Waals surface area contributed by atoms with Crippen molar-refractivity contribution in [2.24, 2.45) is 0 Å². The van der Waals surface area contributed by atoms with Gasteiger partial charge in [-0.3, -0.25) is 0 Å². The van der Waals surface area contributed by atoms with Gasteiger partial charge in [0.15, 0.2) is 0 Å². The molecule has 18 heavy (non-hydrogen) atoms. The van der Waals surface area contributed by atoms with Gasteiger partial charge in [-0.25, -0.2) is 0 Å². The summed E-state index contributed by atoms with van der Waals surface area (Å²) in [6.45, 7) is 7.24. The molecule has 0 fully saturated rings. The molecule has 2 rings (SSSR count). The summed E-state index contributed by atoms with van der Waals surface area (Å²) in [5.74, 6) is 1.90. The summed E-state index contributed by atoms with van der Waals surface area (Å²) in [4.78, 5) is 0. The number of aryl methyl sites for hydroxylation is 1. The van der Waals surface area contributed by atoms with Gasteiger partial charge in [-0.05, 0) is 50.2 Å². The Morgan fingerprint density at radius 1 is 1.28 bits per heavy atom. The smallest absolute Gasteiger partial charge is 0.134 e. The summed E-state index contributed by atoms with van der Waals surface area (Å²) in [5.41, 5.74) is 2.36. The van der Waals surface area contributed by atoms with Gasteiger partial charge in [0.05, 0.1) is 6.04 Å². The average Bonchev–Trinajstić information content (AvgIpc) is 2.82. The van der Waals surface area contributed by atoms with E-state index in [1.807, 2.05) is 18.2 Å². The van der Waals surface area contributed by atoms with Gasteiger partial charge in [-0.1, -0.05) is 28.9 Å². The summed E-state index contributed by atoms with van der Waals surface area (Å²) >= 11 is 3.50. The van der Waals surface area contributed by atoms with E-state index in [-0.39, 0.29) is 6.04 Å². The van der Waals surface area contributed by atoms with Crippen LogP contribution in [0.2, 0.25) is 0 Å². The Kier molecular flexibility index (Phi) is 4.25. The van der Waals surface area contributed by atoms with Gasteiger partial charge in [0.25, 0.3) is 0 Å². The number of nitrogens with one attached hydrogen (secondary N) is 1. The molecule has 1 heterocycles. The summed E-state index contributed by atoms with van der Waals surface area (Å²) in [6, 6.07) is 10.6. The minimum absolute atomic E-state index is 0.246. The van der Waals surface area contributed by atoms with E-state index in [1.165, 1.54) is 5.56 Å². The van der Waals surface area contributed by atoms with Crippen LogP contribution < -0.4 is 5.32 Å². The quantitative estimate of drug-likeness (QED) is 0.886. The van der Waals surface area contributed by atoms with E-state index in [2.05, 4.69) is 54.2 Å². The van der Waals surface area contributed by atoms with Crippen molar-refractivity contribution in [3.05, 3.63) is 46.1 Å². The summed E-state index contributed by atoms with van der Waals surface area (Å²) in [5, 5.41) is 3.35. The fraction of sp³-hybridized carbons (Fsp3) is 0.333. The second kappa shape index (κ2) is 5.72. The predicted molar refractivity (Wildman–Crippen MR) is 78.7 cm³/mol. The van der Waals surface area contributed by atoms with Crippen LogP contribution in [-0.2, 0) is 0 Å². The Balaban J connectivity index is 2.32. The molecule has 0 saturated heterocycles. The van der Waals surface area contributed by atoms with Gasteiger partial charge >= 0.3 is 0 Å². The lowest BCUT2D eigenvalue weighted by molar-refractivity contribution is 0.445. The van der Waals surface area contributed by atoms with E-state index in [9.17, 15) is 0 Å². The molecule has 0 amide bonds. The molecule has 1 atom stereocenters. The third kappa shape index (κ3) is 2.85. The first-order valence-corrected chi connectivity index (χ1v) is 7.00. The molecule has 1 N–H and O–H groups in total. The molecule has 0 bridgehead atoms. The fourth-order valence-corrected chi connectivity index (χ4v) is 2.36. The number of benzene rings is 1. The molecular weight excluding hydrogens is 290 g/mol. The topological polar surface area (TPSA) is 25.2 Å². The molecular formula is C15H18BrNO. The molecule has 1 aromatic carbocycles. The largest absolute Gasteiger partial charge is 0.459 e. The van der Waals surface area contributed by atoms with Crippen LogP contribution >= 0.6 is 15.9 Å². The van der Waals surface area contributed by atoms with Crippen molar-refractivity contribution in [1.82, 2.24) is 5.32 Å². The molecule has 1 aromatic heterocycles. The van der Waals surface area contributed by atoms with E-state index >= 15 is 0 Å². The monoisotopic (exact) mass is 307 g/mol. The highest BCUT2D eigenvalue weighted by Crippen LogP contribution is 2.29. The van der Waals surface area contributed by atoms with Crippen molar-refractivity contribution in [2.75, 3.05) is 6.54 Å². The second-order valence-corrected chi connectivity index (χ2v) is 5.36.